The lowest BCUT2D eigenvalue weighted by Gasteiger charge is -2.09. The molecule has 4 nitrogen and oxygen atoms in total. The van der Waals surface area contributed by atoms with E-state index in [4.69, 9.17) is 0 Å². The van der Waals surface area contributed by atoms with Crippen molar-refractivity contribution in [3.05, 3.63) is 15.8 Å². The fourth-order valence-electron chi connectivity index (χ4n) is 1.78. The number of nitrogens with one attached hydrogen (secondary N) is 2. The normalized spacial score (nSPS) is 13.8. The molecule has 1 aromatic rings. The molecule has 0 saturated carbocycles. The maximum Gasteiger partial charge on any atom is 0.241 e. The quantitative estimate of drug-likeness (QED) is 0.719. The Bertz CT molecular complexity index is 538. The van der Waals surface area contributed by atoms with Gasteiger partial charge in [0.25, 0.3) is 0 Å². The third kappa shape index (κ3) is 6.28. The zero-order valence-corrected chi connectivity index (χ0v) is 15.8. The fourth-order valence-corrected chi connectivity index (χ4v) is 4.76. The molecule has 2 N–H and O–H groups in total. The Morgan fingerprint density at radius 3 is 2.57 bits per heavy atom. The monoisotopic (exact) mass is 350 g/mol. The van der Waals surface area contributed by atoms with Gasteiger partial charge in [0.05, 0.1) is 4.90 Å². The minimum atomic E-state index is -3.39. The van der Waals surface area contributed by atoms with Gasteiger partial charge >= 0.3 is 0 Å². The first-order valence-corrected chi connectivity index (χ1v) is 10.7. The van der Waals surface area contributed by atoms with E-state index in [1.165, 1.54) is 0 Å². The molecule has 0 aliphatic carbocycles. The van der Waals surface area contributed by atoms with E-state index in [1.54, 1.807) is 29.2 Å². The number of sulfonamides is 1. The van der Waals surface area contributed by atoms with Gasteiger partial charge in [0, 0.05) is 34.1 Å². The highest BCUT2D eigenvalue weighted by Crippen LogP contribution is 2.25. The second-order valence-electron chi connectivity index (χ2n) is 5.40. The zero-order chi connectivity index (χ0) is 16.0. The molecule has 1 atom stereocenters. The van der Waals surface area contributed by atoms with Crippen molar-refractivity contribution >= 4 is 33.1 Å². The number of hydrogen-bond acceptors (Lipinski definition) is 5. The van der Waals surface area contributed by atoms with E-state index in [9.17, 15) is 8.42 Å². The molecule has 0 radical (unpaired) electrons. The van der Waals surface area contributed by atoms with E-state index in [0.717, 1.165) is 16.2 Å². The zero-order valence-electron chi connectivity index (χ0n) is 13.4. The molecule has 0 bridgehead atoms. The molecule has 21 heavy (non-hydrogen) atoms. The first-order valence-electron chi connectivity index (χ1n) is 7.11. The van der Waals surface area contributed by atoms with Crippen LogP contribution in [0.25, 0.3) is 0 Å². The van der Waals surface area contributed by atoms with Crippen molar-refractivity contribution in [2.75, 3.05) is 12.8 Å². The molecule has 0 aromatic carbocycles. The van der Waals surface area contributed by atoms with Crippen molar-refractivity contribution in [1.82, 2.24) is 10.0 Å². The topological polar surface area (TPSA) is 58.2 Å². The lowest BCUT2D eigenvalue weighted by molar-refractivity contribution is 0.578. The van der Waals surface area contributed by atoms with Gasteiger partial charge in [-0.1, -0.05) is 20.8 Å². The summed E-state index contributed by atoms with van der Waals surface area (Å²) in [5, 5.41) is 3.77. The van der Waals surface area contributed by atoms with E-state index in [1.807, 2.05) is 13.2 Å². The van der Waals surface area contributed by atoms with Gasteiger partial charge in [-0.15, -0.1) is 11.3 Å². The van der Waals surface area contributed by atoms with Gasteiger partial charge in [-0.2, -0.15) is 11.8 Å². The third-order valence-corrected chi connectivity index (χ3v) is 6.95. The van der Waals surface area contributed by atoms with Crippen LogP contribution >= 0.6 is 23.1 Å². The Labute approximate surface area is 137 Å². The molecular formula is C14H26N2O2S3. The Hall–Kier alpha value is -0.0800. The minimum Gasteiger partial charge on any atom is -0.310 e. The van der Waals surface area contributed by atoms with E-state index >= 15 is 0 Å². The number of rotatable bonds is 9. The molecule has 122 valence electrons. The van der Waals surface area contributed by atoms with Crippen LogP contribution in [0.1, 0.15) is 36.9 Å². The molecule has 1 aromatic heterocycles. The largest absolute Gasteiger partial charge is 0.310 e. The lowest BCUT2D eigenvalue weighted by atomic mass is 10.3. The Morgan fingerprint density at radius 1 is 1.33 bits per heavy atom. The van der Waals surface area contributed by atoms with Gasteiger partial charge < -0.3 is 5.32 Å². The van der Waals surface area contributed by atoms with Crippen LogP contribution in [0.2, 0.25) is 0 Å². The highest BCUT2D eigenvalue weighted by Gasteiger charge is 2.19. The highest BCUT2D eigenvalue weighted by atomic mass is 32.2. The third-order valence-electron chi connectivity index (χ3n) is 3.14. The molecule has 1 rings (SSSR count). The first kappa shape index (κ1) is 19.0. The van der Waals surface area contributed by atoms with Crippen LogP contribution in [0.15, 0.2) is 11.0 Å². The van der Waals surface area contributed by atoms with Crippen LogP contribution in [-0.2, 0) is 16.6 Å². The van der Waals surface area contributed by atoms with Crippen molar-refractivity contribution in [3.8, 4) is 0 Å². The molecule has 0 aliphatic rings. The van der Waals surface area contributed by atoms with Crippen molar-refractivity contribution in [2.24, 2.45) is 0 Å². The number of aryl methyl sites for hydroxylation is 1. The van der Waals surface area contributed by atoms with Gasteiger partial charge in [-0.05, 0) is 25.7 Å². The Balaban J connectivity index is 2.70. The maximum atomic E-state index is 12.3. The van der Waals surface area contributed by atoms with Crippen LogP contribution in [0.3, 0.4) is 0 Å². The molecule has 0 spiro atoms. The average Bonchev–Trinajstić information content (AvgIpc) is 2.78. The second-order valence-corrected chi connectivity index (χ2v) is 9.75. The lowest BCUT2D eigenvalue weighted by Crippen LogP contribution is -2.26. The van der Waals surface area contributed by atoms with Crippen LogP contribution in [0, 0.1) is 6.92 Å². The molecule has 0 amide bonds. The molecular weight excluding hydrogens is 324 g/mol. The van der Waals surface area contributed by atoms with Crippen LogP contribution in [0.4, 0.5) is 0 Å². The first-order chi connectivity index (χ1) is 9.76. The highest BCUT2D eigenvalue weighted by molar-refractivity contribution is 7.99. The predicted molar refractivity (Wildman–Crippen MR) is 93.8 cm³/mol. The van der Waals surface area contributed by atoms with Gasteiger partial charge in [-0.3, -0.25) is 0 Å². The summed E-state index contributed by atoms with van der Waals surface area (Å²) >= 11 is 3.29. The van der Waals surface area contributed by atoms with Crippen molar-refractivity contribution in [1.29, 1.82) is 0 Å². The molecule has 7 heteroatoms. The number of thiophene rings is 1. The Morgan fingerprint density at radius 2 is 2.00 bits per heavy atom. The van der Waals surface area contributed by atoms with Gasteiger partial charge in [-0.25, -0.2) is 13.1 Å². The predicted octanol–water partition coefficient (Wildman–Crippen LogP) is 2.97. The summed E-state index contributed by atoms with van der Waals surface area (Å²) in [5.74, 6) is 0. The van der Waals surface area contributed by atoms with E-state index in [0.29, 0.717) is 29.3 Å². The standard InChI is InChI=1S/C14H26N2O2S3/c1-10(2)15-9-13-8-14(12(4)20-13)21(17,18)16-7-6-11(3)19-5/h8,10-11,15-16H,6-7,9H2,1-5H3. The van der Waals surface area contributed by atoms with E-state index in [2.05, 4.69) is 30.8 Å². The van der Waals surface area contributed by atoms with Crippen molar-refractivity contribution < 1.29 is 8.42 Å². The smallest absolute Gasteiger partial charge is 0.241 e. The molecule has 0 fully saturated rings. The molecule has 0 saturated heterocycles. The second kappa shape index (κ2) is 8.53. The van der Waals surface area contributed by atoms with Crippen molar-refractivity contribution in [2.45, 2.75) is 56.8 Å². The summed E-state index contributed by atoms with van der Waals surface area (Å²) in [7, 11) is -3.39. The summed E-state index contributed by atoms with van der Waals surface area (Å²) in [5.41, 5.74) is 0. The van der Waals surface area contributed by atoms with Crippen molar-refractivity contribution in [3.63, 3.8) is 0 Å². The van der Waals surface area contributed by atoms with Gasteiger partial charge in [0.2, 0.25) is 10.0 Å². The Kier molecular flexibility index (Phi) is 7.70. The van der Waals surface area contributed by atoms with E-state index in [-0.39, 0.29) is 0 Å². The number of thioether (sulfide) groups is 1. The molecule has 1 heterocycles. The average molecular weight is 351 g/mol. The van der Waals surface area contributed by atoms with Crippen LogP contribution in [-0.4, -0.2) is 32.5 Å². The molecule has 1 unspecified atom stereocenters. The SMILES string of the molecule is CSC(C)CCNS(=O)(=O)c1cc(CNC(C)C)sc1C. The minimum absolute atomic E-state index is 0.388. The fraction of sp³-hybridized carbons (Fsp3) is 0.714. The maximum absolute atomic E-state index is 12.3. The summed E-state index contributed by atoms with van der Waals surface area (Å²) in [6.45, 7) is 9.31. The van der Waals surface area contributed by atoms with Crippen LogP contribution in [0.5, 0.6) is 0 Å². The summed E-state index contributed by atoms with van der Waals surface area (Å²) in [6.07, 6.45) is 2.88. The summed E-state index contributed by atoms with van der Waals surface area (Å²) in [4.78, 5) is 2.32. The van der Waals surface area contributed by atoms with Crippen LogP contribution < -0.4 is 10.0 Å². The van der Waals surface area contributed by atoms with Gasteiger partial charge in [0.15, 0.2) is 0 Å². The van der Waals surface area contributed by atoms with E-state index < -0.39 is 10.0 Å². The van der Waals surface area contributed by atoms with Gasteiger partial charge in [0.1, 0.15) is 0 Å². The molecule has 0 aliphatic heterocycles. The number of hydrogen-bond donors (Lipinski definition) is 2. The summed E-state index contributed by atoms with van der Waals surface area (Å²) < 4.78 is 27.4. The summed E-state index contributed by atoms with van der Waals surface area (Å²) in [6, 6.07) is 2.18.